The van der Waals surface area contributed by atoms with Crippen LogP contribution in [0.5, 0.6) is 5.75 Å². The van der Waals surface area contributed by atoms with Gasteiger partial charge in [-0.15, -0.1) is 5.10 Å². The molecule has 6 nitrogen and oxygen atoms in total. The molecule has 0 aliphatic carbocycles. The van der Waals surface area contributed by atoms with E-state index in [-0.39, 0.29) is 0 Å². The zero-order chi connectivity index (χ0) is 12.1. The molecule has 0 atom stereocenters. The topological polar surface area (TPSA) is 69.4 Å². The first-order valence-corrected chi connectivity index (χ1v) is 5.05. The highest BCUT2D eigenvalue weighted by Gasteiger charge is 2.08. The van der Waals surface area contributed by atoms with Crippen LogP contribution in [-0.2, 0) is 11.3 Å². The molecule has 1 heterocycles. The van der Waals surface area contributed by atoms with Crippen LogP contribution in [0.2, 0.25) is 0 Å². The Bertz CT molecular complexity index is 484. The number of rotatable bonds is 5. The highest BCUT2D eigenvalue weighted by Crippen LogP contribution is 2.26. The lowest BCUT2D eigenvalue weighted by molar-refractivity contribution is 0.160. The monoisotopic (exact) mass is 235 g/mol. The lowest BCUT2D eigenvalue weighted by Crippen LogP contribution is -1.94. The van der Waals surface area contributed by atoms with Crippen LogP contribution >= 0.6 is 0 Å². The van der Waals surface area contributed by atoms with Crippen molar-refractivity contribution in [3.63, 3.8) is 0 Å². The number of methoxy groups -OCH3 is 2. The van der Waals surface area contributed by atoms with Gasteiger partial charge in [-0.3, -0.25) is 0 Å². The van der Waals surface area contributed by atoms with Crippen LogP contribution < -0.4 is 10.1 Å². The molecule has 0 aliphatic heterocycles. The molecule has 0 spiro atoms. The second-order valence-electron chi connectivity index (χ2n) is 3.26. The Labute approximate surface area is 98.6 Å². The van der Waals surface area contributed by atoms with E-state index < -0.39 is 0 Å². The van der Waals surface area contributed by atoms with Gasteiger partial charge in [0.25, 0.3) is 0 Å². The minimum atomic E-state index is 0.292. The maximum Gasteiger partial charge on any atom is 0.320 e. The van der Waals surface area contributed by atoms with Crippen LogP contribution in [0.3, 0.4) is 0 Å². The normalized spacial score (nSPS) is 10.2. The highest BCUT2D eigenvalue weighted by molar-refractivity contribution is 5.61. The Balaban J connectivity index is 2.13. The molecular weight excluding hydrogens is 222 g/mol. The largest absolute Gasteiger partial charge is 0.495 e. The number of nitrogens with zero attached hydrogens (tertiary/aromatic N) is 2. The van der Waals surface area contributed by atoms with Gasteiger partial charge < -0.3 is 19.2 Å². The van der Waals surface area contributed by atoms with Gasteiger partial charge in [-0.05, 0) is 12.1 Å². The maximum absolute atomic E-state index is 5.31. The summed E-state index contributed by atoms with van der Waals surface area (Å²) in [4.78, 5) is 0. The lowest BCUT2D eigenvalue weighted by Gasteiger charge is -2.06. The molecule has 90 valence electrons. The Kier molecular flexibility index (Phi) is 3.56. The number of para-hydroxylation sites is 2. The fourth-order valence-corrected chi connectivity index (χ4v) is 1.35. The first kappa shape index (κ1) is 11.4. The van der Waals surface area contributed by atoms with Gasteiger partial charge in [0.15, 0.2) is 0 Å². The van der Waals surface area contributed by atoms with Crippen molar-refractivity contribution in [1.29, 1.82) is 0 Å². The SMILES string of the molecule is COCc1nnc(Nc2ccccc2OC)o1. The average Bonchev–Trinajstić information content (AvgIpc) is 2.78. The molecule has 17 heavy (non-hydrogen) atoms. The zero-order valence-corrected chi connectivity index (χ0v) is 9.64. The zero-order valence-electron chi connectivity index (χ0n) is 9.64. The summed E-state index contributed by atoms with van der Waals surface area (Å²) >= 11 is 0. The molecule has 0 bridgehead atoms. The number of anilines is 2. The number of hydrogen-bond donors (Lipinski definition) is 1. The van der Waals surface area contributed by atoms with Gasteiger partial charge >= 0.3 is 6.01 Å². The van der Waals surface area contributed by atoms with Crippen LogP contribution in [0.25, 0.3) is 0 Å². The van der Waals surface area contributed by atoms with Crippen molar-refractivity contribution in [2.24, 2.45) is 0 Å². The first-order valence-electron chi connectivity index (χ1n) is 5.05. The molecule has 0 unspecified atom stereocenters. The van der Waals surface area contributed by atoms with Crippen LogP contribution in [-0.4, -0.2) is 24.4 Å². The van der Waals surface area contributed by atoms with E-state index in [0.717, 1.165) is 5.69 Å². The van der Waals surface area contributed by atoms with Gasteiger partial charge in [0.1, 0.15) is 12.4 Å². The Morgan fingerprint density at radius 3 is 2.82 bits per heavy atom. The average molecular weight is 235 g/mol. The summed E-state index contributed by atoms with van der Waals surface area (Å²) in [5, 5.41) is 10.6. The van der Waals surface area contributed by atoms with Crippen molar-refractivity contribution in [1.82, 2.24) is 10.2 Å². The highest BCUT2D eigenvalue weighted by atomic mass is 16.5. The van der Waals surface area contributed by atoms with Crippen molar-refractivity contribution in [3.05, 3.63) is 30.2 Å². The van der Waals surface area contributed by atoms with E-state index >= 15 is 0 Å². The Morgan fingerprint density at radius 2 is 2.06 bits per heavy atom. The summed E-state index contributed by atoms with van der Waals surface area (Å²) in [6.45, 7) is 0.292. The predicted octanol–water partition coefficient (Wildman–Crippen LogP) is 1.97. The van der Waals surface area contributed by atoms with Crippen molar-refractivity contribution >= 4 is 11.7 Å². The third-order valence-corrected chi connectivity index (χ3v) is 2.08. The van der Waals surface area contributed by atoms with Crippen molar-refractivity contribution in [3.8, 4) is 5.75 Å². The van der Waals surface area contributed by atoms with Gasteiger partial charge in [0.2, 0.25) is 5.89 Å². The Hall–Kier alpha value is -2.08. The summed E-state index contributed by atoms with van der Waals surface area (Å²) in [5.41, 5.74) is 0.766. The van der Waals surface area contributed by atoms with Gasteiger partial charge in [0, 0.05) is 7.11 Å². The molecule has 1 aromatic carbocycles. The molecule has 1 N–H and O–H groups in total. The van der Waals surface area contributed by atoms with E-state index in [1.54, 1.807) is 14.2 Å². The molecule has 1 aromatic heterocycles. The summed E-state index contributed by atoms with van der Waals surface area (Å²) in [6.07, 6.45) is 0. The third kappa shape index (κ3) is 2.73. The molecular formula is C11H13N3O3. The maximum atomic E-state index is 5.31. The summed E-state index contributed by atoms with van der Waals surface area (Å²) in [5.74, 6) is 1.13. The van der Waals surface area contributed by atoms with E-state index in [2.05, 4.69) is 15.5 Å². The quantitative estimate of drug-likeness (QED) is 0.854. The fraction of sp³-hybridized carbons (Fsp3) is 0.273. The predicted molar refractivity (Wildman–Crippen MR) is 61.3 cm³/mol. The summed E-state index contributed by atoms with van der Waals surface area (Å²) in [7, 11) is 3.17. The molecule has 0 saturated heterocycles. The van der Waals surface area contributed by atoms with Gasteiger partial charge in [-0.2, -0.15) is 0 Å². The van der Waals surface area contributed by atoms with Gasteiger partial charge in [-0.1, -0.05) is 17.2 Å². The van der Waals surface area contributed by atoms with Crippen LogP contribution in [0, 0.1) is 0 Å². The van der Waals surface area contributed by atoms with E-state index in [1.165, 1.54) is 0 Å². The molecule has 2 rings (SSSR count). The minimum absolute atomic E-state index is 0.292. The second kappa shape index (κ2) is 5.31. The number of nitrogens with one attached hydrogen (secondary N) is 1. The number of ether oxygens (including phenoxy) is 2. The van der Waals surface area contributed by atoms with Crippen LogP contribution in [0.4, 0.5) is 11.7 Å². The molecule has 0 amide bonds. The van der Waals surface area contributed by atoms with Crippen molar-refractivity contribution in [2.45, 2.75) is 6.61 Å². The van der Waals surface area contributed by atoms with Gasteiger partial charge in [-0.25, -0.2) is 0 Å². The van der Waals surface area contributed by atoms with E-state index in [1.807, 2.05) is 24.3 Å². The molecule has 0 aliphatic rings. The smallest absolute Gasteiger partial charge is 0.320 e. The lowest BCUT2D eigenvalue weighted by atomic mass is 10.3. The summed E-state index contributed by atoms with van der Waals surface area (Å²) in [6, 6.07) is 7.78. The van der Waals surface area contributed by atoms with Crippen LogP contribution in [0.15, 0.2) is 28.7 Å². The second-order valence-corrected chi connectivity index (χ2v) is 3.26. The van der Waals surface area contributed by atoms with Crippen molar-refractivity contribution < 1.29 is 13.9 Å². The minimum Gasteiger partial charge on any atom is -0.495 e. The molecule has 2 aromatic rings. The molecule has 0 radical (unpaired) electrons. The summed E-state index contributed by atoms with van der Waals surface area (Å²) < 4.78 is 15.4. The van der Waals surface area contributed by atoms with Crippen molar-refractivity contribution in [2.75, 3.05) is 19.5 Å². The fourth-order valence-electron chi connectivity index (χ4n) is 1.35. The van der Waals surface area contributed by atoms with E-state index in [0.29, 0.717) is 24.3 Å². The third-order valence-electron chi connectivity index (χ3n) is 2.08. The van der Waals surface area contributed by atoms with Crippen LogP contribution in [0.1, 0.15) is 5.89 Å². The number of aromatic nitrogens is 2. The van der Waals surface area contributed by atoms with Gasteiger partial charge in [0.05, 0.1) is 12.8 Å². The van der Waals surface area contributed by atoms with E-state index in [9.17, 15) is 0 Å². The molecule has 0 fully saturated rings. The van der Waals surface area contributed by atoms with E-state index in [4.69, 9.17) is 13.9 Å². The first-order chi connectivity index (χ1) is 8.33. The number of benzene rings is 1. The molecule has 0 saturated carbocycles. The standard InChI is InChI=1S/C11H13N3O3/c1-15-7-10-13-14-11(17-10)12-8-5-3-4-6-9(8)16-2/h3-6H,7H2,1-2H3,(H,12,14). The number of hydrogen-bond acceptors (Lipinski definition) is 6. The molecule has 6 heteroatoms. The Morgan fingerprint density at radius 1 is 1.24 bits per heavy atom.